The Labute approximate surface area is 160 Å². The lowest BCUT2D eigenvalue weighted by Gasteiger charge is -2.22. The molecule has 0 saturated carbocycles. The van der Waals surface area contributed by atoms with Crippen LogP contribution in [-0.2, 0) is 17.1 Å². The van der Waals surface area contributed by atoms with Gasteiger partial charge in [0.05, 0.1) is 11.4 Å². The maximum atomic E-state index is 13.2. The number of hydrogen-bond acceptors (Lipinski definition) is 4. The molecular formula is C19H26N4O3S. The molecule has 27 heavy (non-hydrogen) atoms. The maximum absolute atomic E-state index is 13.2. The predicted octanol–water partition coefficient (Wildman–Crippen LogP) is 1.88. The molecule has 2 heterocycles. The maximum Gasteiger partial charge on any atom is 0.253 e. The van der Waals surface area contributed by atoms with Crippen molar-refractivity contribution in [2.45, 2.75) is 32.1 Å². The van der Waals surface area contributed by atoms with Gasteiger partial charge in [0.1, 0.15) is 4.90 Å². The first-order valence-electron chi connectivity index (χ1n) is 9.08. The molecule has 146 valence electrons. The highest BCUT2D eigenvalue weighted by Gasteiger charge is 2.32. The van der Waals surface area contributed by atoms with Crippen molar-refractivity contribution in [2.24, 2.45) is 7.05 Å². The molecule has 1 aromatic carbocycles. The molecule has 0 radical (unpaired) electrons. The molecule has 0 aliphatic carbocycles. The molecule has 0 atom stereocenters. The number of carbonyl (C=O) groups excluding carboxylic acids is 1. The predicted molar refractivity (Wildman–Crippen MR) is 103 cm³/mol. The number of aryl methyl sites for hydroxylation is 3. The van der Waals surface area contributed by atoms with Crippen LogP contribution in [0.15, 0.2) is 29.2 Å². The van der Waals surface area contributed by atoms with Crippen molar-refractivity contribution in [1.29, 1.82) is 0 Å². The number of carbonyl (C=O) groups is 1. The molecule has 1 aliphatic heterocycles. The molecule has 1 saturated heterocycles. The molecule has 3 rings (SSSR count). The number of benzene rings is 1. The van der Waals surface area contributed by atoms with Gasteiger partial charge < -0.3 is 4.90 Å². The molecule has 1 aromatic heterocycles. The first-order valence-corrected chi connectivity index (χ1v) is 10.5. The number of hydrogen-bond donors (Lipinski definition) is 0. The summed E-state index contributed by atoms with van der Waals surface area (Å²) in [5.41, 5.74) is 2.81. The van der Waals surface area contributed by atoms with Crippen LogP contribution >= 0.6 is 0 Å². The van der Waals surface area contributed by atoms with Gasteiger partial charge in [-0.15, -0.1) is 0 Å². The Morgan fingerprint density at radius 3 is 2.44 bits per heavy atom. The molecule has 0 N–H and O–H groups in total. The zero-order valence-corrected chi connectivity index (χ0v) is 17.1. The highest BCUT2D eigenvalue weighted by Crippen LogP contribution is 2.24. The second kappa shape index (κ2) is 7.44. The highest BCUT2D eigenvalue weighted by molar-refractivity contribution is 7.89. The zero-order valence-electron chi connectivity index (χ0n) is 16.3. The third-order valence-electron chi connectivity index (χ3n) is 5.05. The van der Waals surface area contributed by atoms with E-state index in [1.165, 1.54) is 4.31 Å². The van der Waals surface area contributed by atoms with Crippen molar-refractivity contribution in [1.82, 2.24) is 19.0 Å². The van der Waals surface area contributed by atoms with Gasteiger partial charge in [0.25, 0.3) is 5.91 Å². The standard InChI is InChI=1S/C19H26N4O3S/c1-14-7-5-8-17(13-14)19(24)22-9-6-10-23(12-11-22)27(25,26)18-15(2)20-21(4)16(18)3/h5,7-8,13H,6,9-12H2,1-4H3. The molecule has 0 unspecified atom stereocenters. The molecule has 7 nitrogen and oxygen atoms in total. The van der Waals surface area contributed by atoms with Gasteiger partial charge in [0.15, 0.2) is 0 Å². The van der Waals surface area contributed by atoms with Crippen LogP contribution in [0.1, 0.15) is 33.7 Å². The Bertz CT molecular complexity index is 965. The molecule has 8 heteroatoms. The number of amides is 1. The molecule has 0 spiro atoms. The quantitative estimate of drug-likeness (QED) is 0.802. The van der Waals surface area contributed by atoms with Gasteiger partial charge in [-0.3, -0.25) is 9.48 Å². The smallest absolute Gasteiger partial charge is 0.253 e. The Morgan fingerprint density at radius 2 is 1.81 bits per heavy atom. The fraction of sp³-hybridized carbons (Fsp3) is 0.474. The molecule has 1 fully saturated rings. The lowest BCUT2D eigenvalue weighted by molar-refractivity contribution is 0.0764. The summed E-state index contributed by atoms with van der Waals surface area (Å²) < 4.78 is 29.4. The Balaban J connectivity index is 1.79. The van der Waals surface area contributed by atoms with Crippen LogP contribution in [0.4, 0.5) is 0 Å². The van der Waals surface area contributed by atoms with Crippen LogP contribution in [0.25, 0.3) is 0 Å². The fourth-order valence-electron chi connectivity index (χ4n) is 3.55. The Morgan fingerprint density at radius 1 is 1.07 bits per heavy atom. The first-order chi connectivity index (χ1) is 12.7. The molecule has 1 amide bonds. The fourth-order valence-corrected chi connectivity index (χ4v) is 5.42. The van der Waals surface area contributed by atoms with E-state index in [4.69, 9.17) is 0 Å². The van der Waals surface area contributed by atoms with E-state index in [0.717, 1.165) is 5.56 Å². The van der Waals surface area contributed by atoms with Crippen LogP contribution < -0.4 is 0 Å². The normalized spacial score (nSPS) is 16.4. The van der Waals surface area contributed by atoms with E-state index in [9.17, 15) is 13.2 Å². The summed E-state index contributed by atoms with van der Waals surface area (Å²) >= 11 is 0. The lowest BCUT2D eigenvalue weighted by atomic mass is 10.1. The summed E-state index contributed by atoms with van der Waals surface area (Å²) in [5.74, 6) is -0.0494. The second-order valence-corrected chi connectivity index (χ2v) is 8.92. The van der Waals surface area contributed by atoms with Crippen molar-refractivity contribution in [3.63, 3.8) is 0 Å². The SMILES string of the molecule is Cc1cccc(C(=O)N2CCCN(S(=O)(=O)c3c(C)nn(C)c3C)CC2)c1. The van der Waals surface area contributed by atoms with E-state index in [1.54, 1.807) is 36.5 Å². The van der Waals surface area contributed by atoms with E-state index in [1.807, 2.05) is 25.1 Å². The Hall–Kier alpha value is -2.19. The topological polar surface area (TPSA) is 75.5 Å². The lowest BCUT2D eigenvalue weighted by Crippen LogP contribution is -2.37. The van der Waals surface area contributed by atoms with E-state index in [0.29, 0.717) is 43.0 Å². The summed E-state index contributed by atoms with van der Waals surface area (Å²) in [6.07, 6.45) is 0.606. The van der Waals surface area contributed by atoms with E-state index in [2.05, 4.69) is 5.10 Å². The monoisotopic (exact) mass is 390 g/mol. The van der Waals surface area contributed by atoms with E-state index in [-0.39, 0.29) is 17.3 Å². The zero-order chi connectivity index (χ0) is 19.8. The van der Waals surface area contributed by atoms with Crippen molar-refractivity contribution in [2.75, 3.05) is 26.2 Å². The van der Waals surface area contributed by atoms with Crippen LogP contribution in [0, 0.1) is 20.8 Å². The first kappa shape index (κ1) is 19.6. The average Bonchev–Trinajstić information content (AvgIpc) is 2.80. The second-order valence-electron chi connectivity index (χ2n) is 7.04. The molecule has 1 aliphatic rings. The van der Waals surface area contributed by atoms with Gasteiger partial charge in [0, 0.05) is 38.8 Å². The van der Waals surface area contributed by atoms with Crippen molar-refractivity contribution in [3.8, 4) is 0 Å². The van der Waals surface area contributed by atoms with Gasteiger partial charge in [-0.25, -0.2) is 8.42 Å². The van der Waals surface area contributed by atoms with Gasteiger partial charge in [-0.1, -0.05) is 17.7 Å². The van der Waals surface area contributed by atoms with E-state index >= 15 is 0 Å². The minimum atomic E-state index is -3.63. The largest absolute Gasteiger partial charge is 0.337 e. The number of nitrogens with zero attached hydrogens (tertiary/aromatic N) is 4. The van der Waals surface area contributed by atoms with Gasteiger partial charge in [0.2, 0.25) is 10.0 Å². The summed E-state index contributed by atoms with van der Waals surface area (Å²) in [6.45, 7) is 7.03. The molecule has 2 aromatic rings. The number of aromatic nitrogens is 2. The number of sulfonamides is 1. The van der Waals surface area contributed by atoms with Crippen molar-refractivity contribution >= 4 is 15.9 Å². The summed E-state index contributed by atoms with van der Waals surface area (Å²) in [4.78, 5) is 14.8. The van der Waals surface area contributed by atoms with Gasteiger partial charge in [-0.05, 0) is 39.3 Å². The number of rotatable bonds is 3. The van der Waals surface area contributed by atoms with Gasteiger partial charge >= 0.3 is 0 Å². The third kappa shape index (κ3) is 3.77. The molecule has 0 bridgehead atoms. The van der Waals surface area contributed by atoms with Gasteiger partial charge in [-0.2, -0.15) is 9.40 Å². The van der Waals surface area contributed by atoms with Crippen LogP contribution in [0.5, 0.6) is 0 Å². The highest BCUT2D eigenvalue weighted by atomic mass is 32.2. The third-order valence-corrected chi connectivity index (χ3v) is 7.20. The minimum absolute atomic E-state index is 0.0494. The van der Waals surface area contributed by atoms with E-state index < -0.39 is 10.0 Å². The van der Waals surface area contributed by atoms with Crippen LogP contribution in [0.2, 0.25) is 0 Å². The van der Waals surface area contributed by atoms with Crippen LogP contribution in [0.3, 0.4) is 0 Å². The Kier molecular flexibility index (Phi) is 5.39. The van der Waals surface area contributed by atoms with Crippen molar-refractivity contribution < 1.29 is 13.2 Å². The van der Waals surface area contributed by atoms with Crippen LogP contribution in [-0.4, -0.2) is 59.5 Å². The summed E-state index contributed by atoms with van der Waals surface area (Å²) in [5, 5.41) is 4.23. The summed E-state index contributed by atoms with van der Waals surface area (Å²) in [7, 11) is -1.89. The minimum Gasteiger partial charge on any atom is -0.337 e. The van der Waals surface area contributed by atoms with Crippen molar-refractivity contribution in [3.05, 3.63) is 46.8 Å². The molecular weight excluding hydrogens is 364 g/mol. The summed E-state index contributed by atoms with van der Waals surface area (Å²) in [6, 6.07) is 7.48. The average molecular weight is 391 g/mol.